The van der Waals surface area contributed by atoms with E-state index in [-0.39, 0.29) is 11.7 Å². The second-order valence-electron chi connectivity index (χ2n) is 6.62. The summed E-state index contributed by atoms with van der Waals surface area (Å²) in [6, 6.07) is 17.3. The summed E-state index contributed by atoms with van der Waals surface area (Å²) in [5.41, 5.74) is 1.82. The standard InChI is InChI=1S/C20H21N5O2S/c21-25-19(15-6-7-15)23-24-20(25)28-13-18(26)22-16-8-10-17(11-9-16)27-12-14-4-2-1-3-5-14/h1-5,8-11,15H,6-7,12-13,21H2,(H,22,26). The smallest absolute Gasteiger partial charge is 0.234 e. The van der Waals surface area contributed by atoms with Crippen molar-refractivity contribution in [2.75, 3.05) is 16.9 Å². The van der Waals surface area contributed by atoms with Crippen LogP contribution in [0.2, 0.25) is 0 Å². The molecule has 8 heteroatoms. The van der Waals surface area contributed by atoms with Crippen molar-refractivity contribution in [3.05, 3.63) is 66.0 Å². The molecule has 0 aliphatic heterocycles. The Labute approximate surface area is 167 Å². The molecule has 3 aromatic rings. The molecule has 4 rings (SSSR count). The van der Waals surface area contributed by atoms with Gasteiger partial charge in [-0.25, -0.2) is 4.68 Å². The fraction of sp³-hybridized carbons (Fsp3) is 0.250. The van der Waals surface area contributed by atoms with Crippen molar-refractivity contribution in [2.45, 2.75) is 30.5 Å². The minimum atomic E-state index is -0.126. The third-order valence-corrected chi connectivity index (χ3v) is 5.30. The summed E-state index contributed by atoms with van der Waals surface area (Å²) in [5.74, 6) is 8.05. The van der Waals surface area contributed by atoms with Crippen molar-refractivity contribution in [1.82, 2.24) is 14.9 Å². The number of nitrogens with two attached hydrogens (primary N) is 1. The van der Waals surface area contributed by atoms with Crippen molar-refractivity contribution < 1.29 is 9.53 Å². The molecule has 1 fully saturated rings. The van der Waals surface area contributed by atoms with Gasteiger partial charge >= 0.3 is 0 Å². The monoisotopic (exact) mass is 395 g/mol. The molecule has 1 aliphatic rings. The molecule has 3 N–H and O–H groups in total. The summed E-state index contributed by atoms with van der Waals surface area (Å²) < 4.78 is 7.24. The number of rotatable bonds is 8. The molecule has 144 valence electrons. The van der Waals surface area contributed by atoms with Gasteiger partial charge in [0.15, 0.2) is 5.82 Å². The van der Waals surface area contributed by atoms with Gasteiger partial charge in [-0.05, 0) is 42.7 Å². The van der Waals surface area contributed by atoms with Crippen LogP contribution in [0.3, 0.4) is 0 Å². The number of hydrogen-bond donors (Lipinski definition) is 2. The van der Waals surface area contributed by atoms with Crippen LogP contribution in [0.25, 0.3) is 0 Å². The molecule has 0 spiro atoms. The van der Waals surface area contributed by atoms with Gasteiger partial charge in [-0.3, -0.25) is 4.79 Å². The lowest BCUT2D eigenvalue weighted by Gasteiger charge is -2.08. The number of nitrogen functional groups attached to an aromatic ring is 1. The third-order valence-electron chi connectivity index (χ3n) is 4.35. The van der Waals surface area contributed by atoms with E-state index >= 15 is 0 Å². The van der Waals surface area contributed by atoms with E-state index in [1.807, 2.05) is 54.6 Å². The molecule has 0 radical (unpaired) electrons. The van der Waals surface area contributed by atoms with Crippen LogP contribution in [0.5, 0.6) is 5.75 Å². The van der Waals surface area contributed by atoms with E-state index in [4.69, 9.17) is 10.6 Å². The fourth-order valence-corrected chi connectivity index (χ4v) is 3.37. The zero-order chi connectivity index (χ0) is 19.3. The topological polar surface area (TPSA) is 95.1 Å². The normalized spacial score (nSPS) is 13.3. The Bertz CT molecular complexity index is 939. The van der Waals surface area contributed by atoms with Crippen LogP contribution in [0.15, 0.2) is 59.8 Å². The molecule has 1 saturated carbocycles. The first kappa shape index (κ1) is 18.4. The highest BCUT2D eigenvalue weighted by molar-refractivity contribution is 7.99. The molecule has 7 nitrogen and oxygen atoms in total. The number of benzene rings is 2. The number of hydrogen-bond acceptors (Lipinski definition) is 6. The van der Waals surface area contributed by atoms with Crippen molar-refractivity contribution in [3.63, 3.8) is 0 Å². The Kier molecular flexibility index (Phi) is 5.48. The lowest BCUT2D eigenvalue weighted by Crippen LogP contribution is -2.17. The Balaban J connectivity index is 1.25. The van der Waals surface area contributed by atoms with Crippen LogP contribution >= 0.6 is 11.8 Å². The highest BCUT2D eigenvalue weighted by Crippen LogP contribution is 2.39. The highest BCUT2D eigenvalue weighted by Gasteiger charge is 2.30. The molecule has 1 aromatic heterocycles. The van der Waals surface area contributed by atoms with Crippen molar-refractivity contribution >= 4 is 23.4 Å². The predicted molar refractivity (Wildman–Crippen MR) is 109 cm³/mol. The zero-order valence-corrected chi connectivity index (χ0v) is 16.1. The fourth-order valence-electron chi connectivity index (χ4n) is 2.71. The summed E-state index contributed by atoms with van der Waals surface area (Å²) in [6.07, 6.45) is 2.21. The van der Waals surface area contributed by atoms with Gasteiger partial charge < -0.3 is 15.9 Å². The first-order valence-corrected chi connectivity index (χ1v) is 10.1. The van der Waals surface area contributed by atoms with E-state index in [0.29, 0.717) is 23.4 Å². The number of nitrogens with zero attached hydrogens (tertiary/aromatic N) is 3. The molecule has 1 aliphatic carbocycles. The average Bonchev–Trinajstić information content (AvgIpc) is 3.49. The summed E-state index contributed by atoms with van der Waals surface area (Å²) in [7, 11) is 0. The largest absolute Gasteiger partial charge is 0.489 e. The van der Waals surface area contributed by atoms with Gasteiger partial charge in [0.05, 0.1) is 5.75 Å². The third kappa shape index (κ3) is 4.64. The maximum atomic E-state index is 12.2. The number of ether oxygens (including phenoxy) is 1. The average molecular weight is 395 g/mol. The summed E-state index contributed by atoms with van der Waals surface area (Å²) >= 11 is 1.28. The van der Waals surface area contributed by atoms with Crippen LogP contribution in [-0.4, -0.2) is 26.5 Å². The highest BCUT2D eigenvalue weighted by atomic mass is 32.2. The molecule has 1 heterocycles. The van der Waals surface area contributed by atoms with Crippen molar-refractivity contribution in [1.29, 1.82) is 0 Å². The second-order valence-corrected chi connectivity index (χ2v) is 7.56. The summed E-state index contributed by atoms with van der Waals surface area (Å²) in [5, 5.41) is 11.6. The van der Waals surface area contributed by atoms with Gasteiger partial charge in [0.1, 0.15) is 12.4 Å². The molecular weight excluding hydrogens is 374 g/mol. The van der Waals surface area contributed by atoms with E-state index in [2.05, 4.69) is 15.5 Å². The molecular formula is C20H21N5O2S. The van der Waals surface area contributed by atoms with Gasteiger partial charge in [-0.15, -0.1) is 10.2 Å². The number of carbonyl (C=O) groups is 1. The van der Waals surface area contributed by atoms with E-state index < -0.39 is 0 Å². The van der Waals surface area contributed by atoms with Crippen molar-refractivity contribution in [3.8, 4) is 5.75 Å². The van der Waals surface area contributed by atoms with E-state index in [9.17, 15) is 4.79 Å². The molecule has 0 unspecified atom stereocenters. The maximum absolute atomic E-state index is 12.2. The van der Waals surface area contributed by atoms with Crippen LogP contribution < -0.4 is 15.9 Å². The number of anilines is 1. The second kappa shape index (κ2) is 8.35. The predicted octanol–water partition coefficient (Wildman–Crippen LogP) is 3.18. The molecule has 28 heavy (non-hydrogen) atoms. The van der Waals surface area contributed by atoms with Gasteiger partial charge in [0, 0.05) is 11.6 Å². The maximum Gasteiger partial charge on any atom is 0.234 e. The number of nitrogens with one attached hydrogen (secondary N) is 1. The van der Waals surface area contributed by atoms with Gasteiger partial charge in [0.2, 0.25) is 11.1 Å². The van der Waals surface area contributed by atoms with E-state index in [1.54, 1.807) is 0 Å². The minimum Gasteiger partial charge on any atom is -0.489 e. The Morgan fingerprint density at radius 1 is 1.14 bits per heavy atom. The van der Waals surface area contributed by atoms with Crippen LogP contribution in [-0.2, 0) is 11.4 Å². The van der Waals surface area contributed by atoms with Gasteiger partial charge in [0.25, 0.3) is 0 Å². The molecule has 0 saturated heterocycles. The molecule has 1 amide bonds. The molecule has 2 aromatic carbocycles. The Morgan fingerprint density at radius 2 is 1.89 bits per heavy atom. The first-order chi connectivity index (χ1) is 13.7. The van der Waals surface area contributed by atoms with Crippen LogP contribution in [0, 0.1) is 0 Å². The van der Waals surface area contributed by atoms with Gasteiger partial charge in [-0.1, -0.05) is 42.1 Å². The SMILES string of the molecule is Nn1c(SCC(=O)Nc2ccc(OCc3ccccc3)cc2)nnc1C1CC1. The lowest BCUT2D eigenvalue weighted by atomic mass is 10.2. The molecule has 0 bridgehead atoms. The van der Waals surface area contributed by atoms with Crippen molar-refractivity contribution in [2.24, 2.45) is 0 Å². The van der Waals surface area contributed by atoms with Crippen LogP contribution in [0.1, 0.15) is 30.1 Å². The van der Waals surface area contributed by atoms with Crippen LogP contribution in [0.4, 0.5) is 5.69 Å². The van der Waals surface area contributed by atoms with Gasteiger partial charge in [-0.2, -0.15) is 0 Å². The quantitative estimate of drug-likeness (QED) is 0.449. The zero-order valence-electron chi connectivity index (χ0n) is 15.2. The van der Waals surface area contributed by atoms with E-state index in [0.717, 1.165) is 30.0 Å². The Morgan fingerprint density at radius 3 is 2.61 bits per heavy atom. The Hall–Kier alpha value is -3.00. The summed E-state index contributed by atoms with van der Waals surface area (Å²) in [6.45, 7) is 0.506. The first-order valence-electron chi connectivity index (χ1n) is 9.09. The number of thioether (sulfide) groups is 1. The minimum absolute atomic E-state index is 0.126. The van der Waals surface area contributed by atoms with E-state index in [1.165, 1.54) is 16.4 Å². The number of carbonyl (C=O) groups excluding carboxylic acids is 1. The lowest BCUT2D eigenvalue weighted by molar-refractivity contribution is -0.113. The number of amides is 1. The molecule has 0 atom stereocenters. The summed E-state index contributed by atoms with van der Waals surface area (Å²) in [4.78, 5) is 12.2. The number of aromatic nitrogens is 3.